The van der Waals surface area contributed by atoms with Crippen LogP contribution < -0.4 is 5.32 Å². The second-order valence-electron chi connectivity index (χ2n) is 8.68. The first-order valence-electron chi connectivity index (χ1n) is 10.3. The third kappa shape index (κ3) is 7.77. The Morgan fingerprint density at radius 2 is 1.48 bits per heavy atom. The van der Waals surface area contributed by atoms with Gasteiger partial charge in [-0.15, -0.1) is 0 Å². The summed E-state index contributed by atoms with van der Waals surface area (Å²) in [6.07, 6.45) is 6.94. The first kappa shape index (κ1) is 21.5. The molecule has 7 heteroatoms. The van der Waals surface area contributed by atoms with Gasteiger partial charge in [-0.3, -0.25) is 9.59 Å². The molecule has 7 nitrogen and oxygen atoms in total. The van der Waals surface area contributed by atoms with Crippen LogP contribution in [0.25, 0.3) is 0 Å². The summed E-state index contributed by atoms with van der Waals surface area (Å²) >= 11 is 0. The summed E-state index contributed by atoms with van der Waals surface area (Å²) in [5.41, 5.74) is -0.588. The van der Waals surface area contributed by atoms with Gasteiger partial charge < -0.3 is 19.9 Å². The summed E-state index contributed by atoms with van der Waals surface area (Å²) in [5.74, 6) is 0.621. The van der Waals surface area contributed by atoms with Gasteiger partial charge in [0.1, 0.15) is 12.1 Å². The lowest BCUT2D eigenvalue weighted by Gasteiger charge is -2.26. The van der Waals surface area contributed by atoms with Crippen LogP contribution >= 0.6 is 0 Å². The van der Waals surface area contributed by atoms with Gasteiger partial charge in [0.2, 0.25) is 11.8 Å². The van der Waals surface area contributed by atoms with Crippen molar-refractivity contribution < 1.29 is 19.1 Å². The third-order valence-corrected chi connectivity index (χ3v) is 5.17. The number of carbonyl (C=O) groups is 3. The number of hydrogen-bond acceptors (Lipinski definition) is 4. The van der Waals surface area contributed by atoms with Crippen LogP contribution in [0.4, 0.5) is 4.79 Å². The Morgan fingerprint density at radius 1 is 0.889 bits per heavy atom. The molecule has 1 saturated carbocycles. The molecule has 1 aliphatic carbocycles. The molecule has 0 spiro atoms. The topological polar surface area (TPSA) is 79.0 Å². The highest BCUT2D eigenvalue weighted by molar-refractivity contribution is 5.82. The fraction of sp³-hybridized carbons (Fsp3) is 0.850. The van der Waals surface area contributed by atoms with Gasteiger partial charge in [0, 0.05) is 32.6 Å². The van der Waals surface area contributed by atoms with Gasteiger partial charge in [0.25, 0.3) is 0 Å². The molecule has 0 aromatic heterocycles. The Balaban J connectivity index is 1.73. The van der Waals surface area contributed by atoms with E-state index in [0.29, 0.717) is 38.5 Å². The molecule has 1 aliphatic heterocycles. The van der Waals surface area contributed by atoms with Crippen LogP contribution in [0.5, 0.6) is 0 Å². The zero-order valence-corrected chi connectivity index (χ0v) is 17.1. The molecule has 1 heterocycles. The normalized spacial score (nSPS) is 19.4. The standard InChI is InChI=1S/C20H35N3O4/c1-20(2,3)27-19(26)21-15-18(25)23-11-7-10-22(12-13-23)17(24)14-16-8-5-4-6-9-16/h16H,4-15H2,1-3H3,(H,21,26). The first-order valence-corrected chi connectivity index (χ1v) is 10.3. The number of nitrogens with zero attached hydrogens (tertiary/aromatic N) is 2. The van der Waals surface area contributed by atoms with E-state index in [9.17, 15) is 14.4 Å². The third-order valence-electron chi connectivity index (χ3n) is 5.17. The average Bonchev–Trinajstić information content (AvgIpc) is 2.85. The maximum atomic E-state index is 12.6. The van der Waals surface area contributed by atoms with E-state index in [4.69, 9.17) is 4.74 Å². The maximum absolute atomic E-state index is 12.6. The van der Waals surface area contributed by atoms with Crippen molar-refractivity contribution in [2.45, 2.75) is 71.3 Å². The van der Waals surface area contributed by atoms with Crippen molar-refractivity contribution in [2.24, 2.45) is 5.92 Å². The molecule has 2 fully saturated rings. The number of nitrogens with one attached hydrogen (secondary N) is 1. The lowest BCUT2D eigenvalue weighted by molar-refractivity contribution is -0.133. The predicted octanol–water partition coefficient (Wildman–Crippen LogP) is 2.54. The van der Waals surface area contributed by atoms with E-state index in [1.54, 1.807) is 25.7 Å². The molecular weight excluding hydrogens is 346 g/mol. The van der Waals surface area contributed by atoms with Crippen molar-refractivity contribution >= 4 is 17.9 Å². The molecule has 0 bridgehead atoms. The van der Waals surface area contributed by atoms with E-state index in [-0.39, 0.29) is 18.4 Å². The van der Waals surface area contributed by atoms with Crippen molar-refractivity contribution in [3.05, 3.63) is 0 Å². The van der Waals surface area contributed by atoms with Crippen molar-refractivity contribution in [2.75, 3.05) is 32.7 Å². The smallest absolute Gasteiger partial charge is 0.408 e. The summed E-state index contributed by atoms with van der Waals surface area (Å²) in [6.45, 7) is 7.67. The Bertz CT molecular complexity index is 524. The molecule has 27 heavy (non-hydrogen) atoms. The quantitative estimate of drug-likeness (QED) is 0.812. The molecule has 3 amide bonds. The number of ether oxygens (including phenoxy) is 1. The molecule has 0 aromatic carbocycles. The van der Waals surface area contributed by atoms with Crippen LogP contribution in [-0.4, -0.2) is 66.0 Å². The molecule has 0 aromatic rings. The van der Waals surface area contributed by atoms with Gasteiger partial charge in [0.05, 0.1) is 0 Å². The molecule has 0 unspecified atom stereocenters. The predicted molar refractivity (Wildman–Crippen MR) is 103 cm³/mol. The van der Waals surface area contributed by atoms with Crippen LogP contribution in [-0.2, 0) is 14.3 Å². The Labute approximate surface area is 162 Å². The minimum absolute atomic E-state index is 0.0784. The minimum Gasteiger partial charge on any atom is -0.444 e. The van der Waals surface area contributed by atoms with Crippen molar-refractivity contribution in [1.82, 2.24) is 15.1 Å². The Morgan fingerprint density at radius 3 is 2.07 bits per heavy atom. The van der Waals surface area contributed by atoms with Crippen LogP contribution in [0.15, 0.2) is 0 Å². The first-order chi connectivity index (χ1) is 12.7. The number of amides is 3. The summed E-state index contributed by atoms with van der Waals surface area (Å²) in [4.78, 5) is 40.3. The number of rotatable bonds is 4. The maximum Gasteiger partial charge on any atom is 0.408 e. The number of carbonyl (C=O) groups excluding carboxylic acids is 3. The Kier molecular flexibility index (Phi) is 7.92. The monoisotopic (exact) mass is 381 g/mol. The van der Waals surface area contributed by atoms with Crippen molar-refractivity contribution in [3.63, 3.8) is 0 Å². The highest BCUT2D eigenvalue weighted by atomic mass is 16.6. The molecule has 154 valence electrons. The van der Waals surface area contributed by atoms with Gasteiger partial charge in [-0.25, -0.2) is 4.79 Å². The van der Waals surface area contributed by atoms with Gasteiger partial charge in [-0.1, -0.05) is 19.3 Å². The van der Waals surface area contributed by atoms with E-state index >= 15 is 0 Å². The largest absolute Gasteiger partial charge is 0.444 e. The van der Waals surface area contributed by atoms with Gasteiger partial charge >= 0.3 is 6.09 Å². The summed E-state index contributed by atoms with van der Waals surface area (Å²) in [6, 6.07) is 0. The second kappa shape index (κ2) is 9.95. The molecule has 2 rings (SSSR count). The molecule has 2 aliphatic rings. The molecular formula is C20H35N3O4. The zero-order valence-electron chi connectivity index (χ0n) is 17.1. The van der Waals surface area contributed by atoms with Crippen LogP contribution in [0.3, 0.4) is 0 Å². The van der Waals surface area contributed by atoms with E-state index in [1.807, 2.05) is 4.90 Å². The number of hydrogen-bond donors (Lipinski definition) is 1. The minimum atomic E-state index is -0.588. The highest BCUT2D eigenvalue weighted by Gasteiger charge is 2.25. The SMILES string of the molecule is CC(C)(C)OC(=O)NCC(=O)N1CCCN(C(=O)CC2CCCCC2)CC1. The van der Waals surface area contributed by atoms with Crippen LogP contribution in [0, 0.1) is 5.92 Å². The summed E-state index contributed by atoms with van der Waals surface area (Å²) in [5, 5.41) is 2.51. The Hall–Kier alpha value is -1.79. The second-order valence-corrected chi connectivity index (χ2v) is 8.68. The number of alkyl carbamates (subject to hydrolysis) is 1. The summed E-state index contributed by atoms with van der Waals surface area (Å²) < 4.78 is 5.15. The average molecular weight is 382 g/mol. The van der Waals surface area contributed by atoms with Gasteiger partial charge in [0.15, 0.2) is 0 Å². The molecule has 1 N–H and O–H groups in total. The molecule has 0 radical (unpaired) electrons. The van der Waals surface area contributed by atoms with E-state index in [1.165, 1.54) is 32.1 Å². The van der Waals surface area contributed by atoms with E-state index in [0.717, 1.165) is 6.42 Å². The van der Waals surface area contributed by atoms with Gasteiger partial charge in [-0.2, -0.15) is 0 Å². The fourth-order valence-electron chi connectivity index (χ4n) is 3.76. The van der Waals surface area contributed by atoms with Gasteiger partial charge in [-0.05, 0) is 46.0 Å². The van der Waals surface area contributed by atoms with Crippen LogP contribution in [0.1, 0.15) is 65.7 Å². The summed E-state index contributed by atoms with van der Waals surface area (Å²) in [7, 11) is 0. The fourth-order valence-corrected chi connectivity index (χ4v) is 3.76. The molecule has 0 atom stereocenters. The van der Waals surface area contributed by atoms with Crippen molar-refractivity contribution in [3.8, 4) is 0 Å². The van der Waals surface area contributed by atoms with E-state index in [2.05, 4.69) is 5.32 Å². The van der Waals surface area contributed by atoms with Crippen LogP contribution in [0.2, 0.25) is 0 Å². The lowest BCUT2D eigenvalue weighted by atomic mass is 9.86. The zero-order chi connectivity index (χ0) is 19.9. The molecule has 1 saturated heterocycles. The van der Waals surface area contributed by atoms with Crippen molar-refractivity contribution in [1.29, 1.82) is 0 Å². The highest BCUT2D eigenvalue weighted by Crippen LogP contribution is 2.27. The lowest BCUT2D eigenvalue weighted by Crippen LogP contribution is -2.43. The van der Waals surface area contributed by atoms with E-state index < -0.39 is 11.7 Å².